The van der Waals surface area contributed by atoms with Gasteiger partial charge in [-0.15, -0.1) is 0 Å². The summed E-state index contributed by atoms with van der Waals surface area (Å²) in [5, 5.41) is 3.23. The standard InChI is InChI=1S/C15H13BrClNO2/c1-9-7-11(4-6-14(9)20-2)18-15(19)12-8-10(16)3-5-13(12)17/h3-8H,1-2H3,(H,18,19). The summed E-state index contributed by atoms with van der Waals surface area (Å²) in [5.41, 5.74) is 2.07. The smallest absolute Gasteiger partial charge is 0.257 e. The second-order valence-corrected chi connectivity index (χ2v) is 5.59. The fraction of sp³-hybridized carbons (Fsp3) is 0.133. The SMILES string of the molecule is COc1ccc(NC(=O)c2cc(Br)ccc2Cl)cc1C. The molecule has 0 aliphatic carbocycles. The van der Waals surface area contributed by atoms with Crippen LogP contribution in [-0.2, 0) is 0 Å². The van der Waals surface area contributed by atoms with E-state index in [0.29, 0.717) is 16.3 Å². The molecule has 0 aliphatic rings. The van der Waals surface area contributed by atoms with Crippen LogP contribution in [0.25, 0.3) is 0 Å². The zero-order valence-corrected chi connectivity index (χ0v) is 13.4. The van der Waals surface area contributed by atoms with Crippen molar-refractivity contribution in [3.63, 3.8) is 0 Å². The third-order valence-corrected chi connectivity index (χ3v) is 3.65. The molecule has 104 valence electrons. The molecule has 5 heteroatoms. The van der Waals surface area contributed by atoms with E-state index in [4.69, 9.17) is 16.3 Å². The van der Waals surface area contributed by atoms with Gasteiger partial charge < -0.3 is 10.1 Å². The summed E-state index contributed by atoms with van der Waals surface area (Å²) in [6.45, 7) is 1.92. The molecule has 0 spiro atoms. The van der Waals surface area contributed by atoms with Crippen LogP contribution in [0.5, 0.6) is 5.75 Å². The predicted molar refractivity (Wildman–Crippen MR) is 84.8 cm³/mol. The van der Waals surface area contributed by atoms with Crippen LogP contribution in [0.2, 0.25) is 5.02 Å². The summed E-state index contributed by atoms with van der Waals surface area (Å²) in [7, 11) is 1.61. The molecule has 0 radical (unpaired) electrons. The van der Waals surface area contributed by atoms with Crippen molar-refractivity contribution < 1.29 is 9.53 Å². The van der Waals surface area contributed by atoms with Crippen molar-refractivity contribution in [2.24, 2.45) is 0 Å². The summed E-state index contributed by atoms with van der Waals surface area (Å²) in [6, 6.07) is 10.6. The Morgan fingerprint density at radius 3 is 2.65 bits per heavy atom. The number of aryl methyl sites for hydroxylation is 1. The predicted octanol–water partition coefficient (Wildman–Crippen LogP) is 4.67. The van der Waals surface area contributed by atoms with Gasteiger partial charge in [-0.1, -0.05) is 27.5 Å². The summed E-state index contributed by atoms with van der Waals surface area (Å²) < 4.78 is 5.99. The molecule has 0 saturated heterocycles. The molecule has 2 aromatic rings. The van der Waals surface area contributed by atoms with E-state index in [1.165, 1.54) is 0 Å². The van der Waals surface area contributed by atoms with Gasteiger partial charge in [0.25, 0.3) is 5.91 Å². The van der Waals surface area contributed by atoms with Crippen LogP contribution in [0.1, 0.15) is 15.9 Å². The normalized spacial score (nSPS) is 10.2. The number of carbonyl (C=O) groups excluding carboxylic acids is 1. The Morgan fingerprint density at radius 1 is 1.25 bits per heavy atom. The lowest BCUT2D eigenvalue weighted by Gasteiger charge is -2.10. The highest BCUT2D eigenvalue weighted by atomic mass is 79.9. The number of hydrogen-bond donors (Lipinski definition) is 1. The van der Waals surface area contributed by atoms with Gasteiger partial charge in [0.05, 0.1) is 17.7 Å². The number of amides is 1. The van der Waals surface area contributed by atoms with Crippen LogP contribution in [0.4, 0.5) is 5.69 Å². The third-order valence-electron chi connectivity index (χ3n) is 2.83. The van der Waals surface area contributed by atoms with Crippen molar-refractivity contribution in [1.82, 2.24) is 0 Å². The minimum atomic E-state index is -0.249. The first-order chi connectivity index (χ1) is 9.51. The van der Waals surface area contributed by atoms with E-state index >= 15 is 0 Å². The quantitative estimate of drug-likeness (QED) is 0.869. The van der Waals surface area contributed by atoms with E-state index < -0.39 is 0 Å². The number of methoxy groups -OCH3 is 1. The van der Waals surface area contributed by atoms with E-state index in [1.807, 2.05) is 19.1 Å². The molecule has 0 unspecified atom stereocenters. The summed E-state index contributed by atoms with van der Waals surface area (Å²) in [5.74, 6) is 0.532. The van der Waals surface area contributed by atoms with E-state index in [-0.39, 0.29) is 5.91 Å². The molecule has 0 aliphatic heterocycles. The Labute approximate surface area is 131 Å². The molecule has 0 saturated carbocycles. The summed E-state index contributed by atoms with van der Waals surface area (Å²) in [6.07, 6.45) is 0. The van der Waals surface area contributed by atoms with Crippen LogP contribution in [0.15, 0.2) is 40.9 Å². The van der Waals surface area contributed by atoms with Crippen molar-refractivity contribution in [3.8, 4) is 5.75 Å². The molecule has 0 atom stereocenters. The number of anilines is 1. The Bertz CT molecular complexity index is 658. The van der Waals surface area contributed by atoms with E-state index in [9.17, 15) is 4.79 Å². The first-order valence-corrected chi connectivity index (χ1v) is 7.09. The zero-order valence-electron chi connectivity index (χ0n) is 11.0. The number of benzene rings is 2. The Hall–Kier alpha value is -1.52. The topological polar surface area (TPSA) is 38.3 Å². The average molecular weight is 355 g/mol. The van der Waals surface area contributed by atoms with Crippen molar-refractivity contribution in [1.29, 1.82) is 0 Å². The number of carbonyl (C=O) groups is 1. The number of hydrogen-bond acceptors (Lipinski definition) is 2. The first kappa shape index (κ1) is 14.9. The van der Waals surface area contributed by atoms with E-state index in [1.54, 1.807) is 31.4 Å². The number of ether oxygens (including phenoxy) is 1. The summed E-state index contributed by atoms with van der Waals surface area (Å²) in [4.78, 5) is 12.2. The number of nitrogens with one attached hydrogen (secondary N) is 1. The molecule has 3 nitrogen and oxygen atoms in total. The molecule has 2 aromatic carbocycles. The second kappa shape index (κ2) is 6.29. The molecule has 0 aromatic heterocycles. The Balaban J connectivity index is 2.23. The van der Waals surface area contributed by atoms with Gasteiger partial charge in [0.1, 0.15) is 5.75 Å². The fourth-order valence-corrected chi connectivity index (χ4v) is 2.39. The van der Waals surface area contributed by atoms with E-state index in [0.717, 1.165) is 15.8 Å². The summed E-state index contributed by atoms with van der Waals surface area (Å²) >= 11 is 9.36. The van der Waals surface area contributed by atoms with Gasteiger partial charge in [-0.25, -0.2) is 0 Å². The molecule has 0 fully saturated rings. The second-order valence-electron chi connectivity index (χ2n) is 4.26. The largest absolute Gasteiger partial charge is 0.496 e. The maximum atomic E-state index is 12.2. The van der Waals surface area contributed by atoms with Crippen LogP contribution < -0.4 is 10.1 Å². The lowest BCUT2D eigenvalue weighted by atomic mass is 10.1. The van der Waals surface area contributed by atoms with Crippen LogP contribution in [0, 0.1) is 6.92 Å². The highest BCUT2D eigenvalue weighted by molar-refractivity contribution is 9.10. The van der Waals surface area contributed by atoms with Gasteiger partial charge in [0.2, 0.25) is 0 Å². The zero-order chi connectivity index (χ0) is 14.7. The molecule has 0 bridgehead atoms. The minimum absolute atomic E-state index is 0.249. The molecular formula is C15H13BrClNO2. The average Bonchev–Trinajstić information content (AvgIpc) is 2.41. The monoisotopic (exact) mass is 353 g/mol. The van der Waals surface area contributed by atoms with Gasteiger partial charge in [0, 0.05) is 10.2 Å². The van der Waals surface area contributed by atoms with Crippen LogP contribution in [0.3, 0.4) is 0 Å². The van der Waals surface area contributed by atoms with Crippen molar-refractivity contribution in [3.05, 3.63) is 57.0 Å². The molecule has 20 heavy (non-hydrogen) atoms. The van der Waals surface area contributed by atoms with E-state index in [2.05, 4.69) is 21.2 Å². The highest BCUT2D eigenvalue weighted by Crippen LogP contribution is 2.24. The van der Waals surface area contributed by atoms with Crippen LogP contribution >= 0.6 is 27.5 Å². The first-order valence-electron chi connectivity index (χ1n) is 5.92. The molecule has 2 rings (SSSR count). The van der Waals surface area contributed by atoms with Gasteiger partial charge in [-0.05, 0) is 48.9 Å². The van der Waals surface area contributed by atoms with Gasteiger partial charge >= 0.3 is 0 Å². The highest BCUT2D eigenvalue weighted by Gasteiger charge is 2.11. The molecule has 0 heterocycles. The lowest BCUT2D eigenvalue weighted by Crippen LogP contribution is -2.12. The van der Waals surface area contributed by atoms with Crippen molar-refractivity contribution >= 4 is 39.1 Å². The van der Waals surface area contributed by atoms with Crippen molar-refractivity contribution in [2.75, 3.05) is 12.4 Å². The third kappa shape index (κ3) is 3.32. The maximum Gasteiger partial charge on any atom is 0.257 e. The minimum Gasteiger partial charge on any atom is -0.496 e. The molecular weight excluding hydrogens is 342 g/mol. The lowest BCUT2D eigenvalue weighted by molar-refractivity contribution is 0.102. The number of rotatable bonds is 3. The Kier molecular flexibility index (Phi) is 4.68. The van der Waals surface area contributed by atoms with Gasteiger partial charge in [-0.2, -0.15) is 0 Å². The Morgan fingerprint density at radius 2 is 2.00 bits per heavy atom. The van der Waals surface area contributed by atoms with Gasteiger partial charge in [-0.3, -0.25) is 4.79 Å². The molecule has 1 N–H and O–H groups in total. The number of halogens is 2. The maximum absolute atomic E-state index is 12.2. The van der Waals surface area contributed by atoms with Crippen molar-refractivity contribution in [2.45, 2.75) is 6.92 Å². The molecule has 1 amide bonds. The van der Waals surface area contributed by atoms with Crippen LogP contribution in [-0.4, -0.2) is 13.0 Å². The van der Waals surface area contributed by atoms with Gasteiger partial charge in [0.15, 0.2) is 0 Å². The fourth-order valence-electron chi connectivity index (χ4n) is 1.83.